The molecule has 2 aliphatic heterocycles. The second-order valence-corrected chi connectivity index (χ2v) is 13.0. The van der Waals surface area contributed by atoms with Crippen molar-refractivity contribution in [3.63, 3.8) is 0 Å². The Morgan fingerprint density at radius 2 is 1.52 bits per heavy atom. The fourth-order valence-electron chi connectivity index (χ4n) is 5.38. The summed E-state index contributed by atoms with van der Waals surface area (Å²) in [5, 5.41) is 3.38. The van der Waals surface area contributed by atoms with Crippen LogP contribution in [0.4, 0.5) is 11.4 Å². The van der Waals surface area contributed by atoms with Gasteiger partial charge >= 0.3 is 10.8 Å². The summed E-state index contributed by atoms with van der Waals surface area (Å²) in [6.07, 6.45) is 0. The number of esters is 1. The molecular weight excluding hydrogens is 645 g/mol. The van der Waals surface area contributed by atoms with Gasteiger partial charge in [0.15, 0.2) is 0 Å². The zero-order chi connectivity index (χ0) is 31.1. The van der Waals surface area contributed by atoms with E-state index in [1.165, 1.54) is 28.8 Å². The minimum Gasteiger partial charge on any atom is -0.462 e. The van der Waals surface area contributed by atoms with Crippen LogP contribution in [-0.2, 0) is 25.7 Å². The lowest BCUT2D eigenvalue weighted by Gasteiger charge is -2.30. The maximum atomic E-state index is 14.0. The molecule has 1 saturated heterocycles. The summed E-state index contributed by atoms with van der Waals surface area (Å²) in [5.41, 5.74) is 1.85. The van der Waals surface area contributed by atoms with Gasteiger partial charge in [-0.1, -0.05) is 58.4 Å². The average molecular weight is 669 g/mol. The van der Waals surface area contributed by atoms with E-state index in [4.69, 9.17) is 27.9 Å². The molecule has 3 heterocycles. The third-order valence-electron chi connectivity index (χ3n) is 7.34. The molecule has 4 aromatic rings. The summed E-state index contributed by atoms with van der Waals surface area (Å²) in [7, 11) is 0. The Labute approximate surface area is 269 Å². The number of amides is 3. The molecule has 44 heavy (non-hydrogen) atoms. The molecule has 3 amide bonds. The standard InChI is InChI=1S/C31H23Cl2N3O6S2/c1-2-42-30(40)17-5-13-21(14-6-17)36-27(38)24-23(16-3-7-18(32)8-4-16)26-29(43-25(24)28(36)39)35(31(41)44-26)15-22(37)34-20-11-9-19(33)10-12-20/h3-14,23-25H,2,15H2,1H3,(H,34,37)/t23-,24?,25?/m0/s1. The highest BCUT2D eigenvalue weighted by Crippen LogP contribution is 2.54. The quantitative estimate of drug-likeness (QED) is 0.195. The number of halogens is 2. The molecule has 6 rings (SSSR count). The normalized spacial score (nSPS) is 19.0. The first-order valence-electron chi connectivity index (χ1n) is 13.5. The van der Waals surface area contributed by atoms with Crippen LogP contribution in [0.2, 0.25) is 10.0 Å². The summed E-state index contributed by atoms with van der Waals surface area (Å²) in [5.74, 6) is -3.26. The SMILES string of the molecule is CCOC(=O)c1ccc(N2C(=O)C3Sc4c(sc(=O)n4CC(=O)Nc4ccc(Cl)cc4)[C@@H](c4ccc(Cl)cc4)C3C2=O)cc1. The molecule has 1 fully saturated rings. The highest BCUT2D eigenvalue weighted by Gasteiger charge is 2.56. The van der Waals surface area contributed by atoms with E-state index in [0.717, 1.165) is 28.0 Å². The number of nitrogens with one attached hydrogen (secondary N) is 1. The van der Waals surface area contributed by atoms with Crippen LogP contribution in [0, 0.1) is 5.92 Å². The Hall–Kier alpha value is -3.90. The van der Waals surface area contributed by atoms with Crippen LogP contribution in [0.25, 0.3) is 0 Å². The molecule has 0 spiro atoms. The van der Waals surface area contributed by atoms with Crippen molar-refractivity contribution in [1.29, 1.82) is 0 Å². The Bertz CT molecular complexity index is 1840. The number of anilines is 2. The number of hydrogen-bond donors (Lipinski definition) is 1. The van der Waals surface area contributed by atoms with Crippen LogP contribution < -0.4 is 15.1 Å². The highest BCUT2D eigenvalue weighted by molar-refractivity contribution is 8.00. The predicted octanol–water partition coefficient (Wildman–Crippen LogP) is 5.83. The van der Waals surface area contributed by atoms with E-state index in [1.54, 1.807) is 55.5 Å². The molecule has 0 radical (unpaired) electrons. The molecule has 0 aliphatic carbocycles. The van der Waals surface area contributed by atoms with Gasteiger partial charge in [0.1, 0.15) is 11.8 Å². The number of thioether (sulfide) groups is 1. The maximum absolute atomic E-state index is 14.0. The van der Waals surface area contributed by atoms with Gasteiger partial charge < -0.3 is 10.1 Å². The number of hydrogen-bond acceptors (Lipinski definition) is 8. The van der Waals surface area contributed by atoms with E-state index in [9.17, 15) is 24.0 Å². The first kappa shape index (κ1) is 30.1. The number of carbonyl (C=O) groups is 4. The lowest BCUT2D eigenvalue weighted by Crippen LogP contribution is -2.33. The Morgan fingerprint density at radius 3 is 2.16 bits per heavy atom. The third-order valence-corrected chi connectivity index (χ3v) is 10.5. The predicted molar refractivity (Wildman–Crippen MR) is 170 cm³/mol. The van der Waals surface area contributed by atoms with Crippen molar-refractivity contribution in [2.45, 2.75) is 29.7 Å². The van der Waals surface area contributed by atoms with Gasteiger partial charge in [0.25, 0.3) is 0 Å². The van der Waals surface area contributed by atoms with Gasteiger partial charge in [-0.25, -0.2) is 9.69 Å². The Balaban J connectivity index is 1.36. The largest absolute Gasteiger partial charge is 0.462 e. The molecule has 224 valence electrons. The molecule has 3 atom stereocenters. The number of carbonyl (C=O) groups excluding carboxylic acids is 4. The molecule has 2 aliphatic rings. The Morgan fingerprint density at radius 1 is 0.886 bits per heavy atom. The summed E-state index contributed by atoms with van der Waals surface area (Å²) in [6, 6.07) is 19.6. The summed E-state index contributed by atoms with van der Waals surface area (Å²) < 4.78 is 6.39. The van der Waals surface area contributed by atoms with Gasteiger partial charge in [-0.05, 0) is 73.2 Å². The van der Waals surface area contributed by atoms with Crippen molar-refractivity contribution in [2.75, 3.05) is 16.8 Å². The number of thiazole rings is 1. The van der Waals surface area contributed by atoms with E-state index < -0.39 is 40.8 Å². The van der Waals surface area contributed by atoms with Gasteiger partial charge in [-0.2, -0.15) is 0 Å². The van der Waals surface area contributed by atoms with Crippen molar-refractivity contribution in [3.8, 4) is 0 Å². The fraction of sp³-hybridized carbons (Fsp3) is 0.194. The van der Waals surface area contributed by atoms with Crippen LogP contribution >= 0.6 is 46.3 Å². The monoisotopic (exact) mass is 667 g/mol. The second kappa shape index (κ2) is 12.2. The van der Waals surface area contributed by atoms with Gasteiger partial charge in [-0.3, -0.25) is 23.7 Å². The van der Waals surface area contributed by atoms with E-state index in [2.05, 4.69) is 5.32 Å². The second-order valence-electron chi connectivity index (χ2n) is 10.1. The Kier molecular flexibility index (Phi) is 8.38. The molecule has 2 unspecified atom stereocenters. The molecule has 3 aromatic carbocycles. The number of benzene rings is 3. The summed E-state index contributed by atoms with van der Waals surface area (Å²) in [6.45, 7) is 1.63. The highest BCUT2D eigenvalue weighted by atomic mass is 35.5. The molecule has 9 nitrogen and oxygen atoms in total. The lowest BCUT2D eigenvalue weighted by molar-refractivity contribution is -0.122. The minimum absolute atomic E-state index is 0.217. The topological polar surface area (TPSA) is 115 Å². The fourth-order valence-corrected chi connectivity index (χ4v) is 8.40. The maximum Gasteiger partial charge on any atom is 0.338 e. The van der Waals surface area contributed by atoms with Gasteiger partial charge in [-0.15, -0.1) is 0 Å². The van der Waals surface area contributed by atoms with Gasteiger partial charge in [0, 0.05) is 26.5 Å². The molecule has 0 bridgehead atoms. The van der Waals surface area contributed by atoms with E-state index in [-0.39, 0.29) is 18.0 Å². The van der Waals surface area contributed by atoms with Crippen LogP contribution in [0.3, 0.4) is 0 Å². The van der Waals surface area contributed by atoms with Gasteiger partial charge in [0.2, 0.25) is 17.7 Å². The zero-order valence-electron chi connectivity index (χ0n) is 23.0. The number of aromatic nitrogens is 1. The summed E-state index contributed by atoms with van der Waals surface area (Å²) in [4.78, 5) is 67.8. The number of rotatable bonds is 7. The van der Waals surface area contributed by atoms with E-state index in [0.29, 0.717) is 42.5 Å². The van der Waals surface area contributed by atoms with Crippen molar-refractivity contribution >= 4 is 81.4 Å². The van der Waals surface area contributed by atoms with Crippen molar-refractivity contribution < 1.29 is 23.9 Å². The van der Waals surface area contributed by atoms with E-state index in [1.807, 2.05) is 0 Å². The van der Waals surface area contributed by atoms with Gasteiger partial charge in [0.05, 0.1) is 28.8 Å². The molecule has 0 saturated carbocycles. The third kappa shape index (κ3) is 5.56. The molecular formula is C31H23Cl2N3O6S2. The van der Waals surface area contributed by atoms with Crippen molar-refractivity contribution in [1.82, 2.24) is 4.57 Å². The molecule has 1 aromatic heterocycles. The van der Waals surface area contributed by atoms with Crippen LogP contribution in [0.5, 0.6) is 0 Å². The smallest absolute Gasteiger partial charge is 0.338 e. The van der Waals surface area contributed by atoms with Crippen molar-refractivity contribution in [3.05, 3.63) is 109 Å². The van der Waals surface area contributed by atoms with E-state index >= 15 is 0 Å². The molecule has 13 heteroatoms. The zero-order valence-corrected chi connectivity index (χ0v) is 26.1. The number of fused-ring (bicyclic) bond motifs is 2. The first-order chi connectivity index (χ1) is 21.2. The number of ether oxygens (including phenoxy) is 1. The van der Waals surface area contributed by atoms with Crippen LogP contribution in [0.15, 0.2) is 82.6 Å². The lowest BCUT2D eigenvalue weighted by atomic mass is 9.83. The van der Waals surface area contributed by atoms with Crippen molar-refractivity contribution in [2.24, 2.45) is 5.92 Å². The summed E-state index contributed by atoms with van der Waals surface area (Å²) >= 11 is 14.2. The first-order valence-corrected chi connectivity index (χ1v) is 16.0. The van der Waals surface area contributed by atoms with Crippen LogP contribution in [-0.4, -0.2) is 40.1 Å². The number of nitrogens with zero attached hydrogens (tertiary/aromatic N) is 2. The minimum atomic E-state index is -0.861. The van der Waals surface area contributed by atoms with Crippen LogP contribution in [0.1, 0.15) is 33.6 Å². The molecule has 1 N–H and O–H groups in total. The number of imide groups is 1. The average Bonchev–Trinajstić information content (AvgIpc) is 3.45.